The third-order valence-electron chi connectivity index (χ3n) is 4.52. The fraction of sp³-hybridized carbons (Fsp3) is 0.474. The first-order valence-corrected chi connectivity index (χ1v) is 8.78. The van der Waals surface area contributed by atoms with E-state index in [0.29, 0.717) is 12.1 Å². The highest BCUT2D eigenvalue weighted by Crippen LogP contribution is 2.30. The Morgan fingerprint density at radius 3 is 1.74 bits per heavy atom. The standard InChI is InChI=1S/C19H22F3NO8/c1-9(12(16(26)29-2)17(27)30-3)13(18(28)31-4)23-15(25)14(24)10-5-7-11(8-6-10)19(20,21)22/h5-9,12-14,24H,1-4H3,(H,23,25)/t9-,13-,14+/m0/s1. The number of halogens is 3. The maximum atomic E-state index is 12.7. The molecule has 31 heavy (non-hydrogen) atoms. The first-order valence-electron chi connectivity index (χ1n) is 8.78. The first kappa shape index (κ1) is 25.9. The molecule has 0 aromatic heterocycles. The van der Waals surface area contributed by atoms with Crippen molar-refractivity contribution in [1.29, 1.82) is 0 Å². The number of esters is 3. The molecule has 0 aliphatic rings. The highest BCUT2D eigenvalue weighted by Gasteiger charge is 2.43. The number of methoxy groups -OCH3 is 3. The third kappa shape index (κ3) is 6.41. The molecule has 0 radical (unpaired) electrons. The summed E-state index contributed by atoms with van der Waals surface area (Å²) in [6.07, 6.45) is -6.55. The van der Waals surface area contributed by atoms with E-state index >= 15 is 0 Å². The van der Waals surface area contributed by atoms with Gasteiger partial charge in [0.1, 0.15) is 6.04 Å². The average molecular weight is 449 g/mol. The predicted molar refractivity (Wildman–Crippen MR) is 97.0 cm³/mol. The zero-order valence-corrected chi connectivity index (χ0v) is 17.1. The van der Waals surface area contributed by atoms with Gasteiger partial charge in [0.15, 0.2) is 12.0 Å². The van der Waals surface area contributed by atoms with Gasteiger partial charge in [0.05, 0.1) is 26.9 Å². The maximum Gasteiger partial charge on any atom is 0.416 e. The summed E-state index contributed by atoms with van der Waals surface area (Å²) in [5.74, 6) is -7.12. The number of hydrogen-bond donors (Lipinski definition) is 2. The Labute approximate surface area is 175 Å². The lowest BCUT2D eigenvalue weighted by Gasteiger charge is -2.27. The van der Waals surface area contributed by atoms with Crippen molar-refractivity contribution in [3.05, 3.63) is 35.4 Å². The van der Waals surface area contributed by atoms with Gasteiger partial charge >= 0.3 is 24.1 Å². The van der Waals surface area contributed by atoms with E-state index in [-0.39, 0.29) is 5.56 Å². The minimum absolute atomic E-state index is 0.181. The Bertz CT molecular complexity index is 793. The van der Waals surface area contributed by atoms with Gasteiger partial charge in [-0.1, -0.05) is 19.1 Å². The molecule has 0 aliphatic heterocycles. The average Bonchev–Trinajstić information content (AvgIpc) is 2.75. The monoisotopic (exact) mass is 449 g/mol. The molecule has 1 aromatic rings. The molecule has 1 amide bonds. The number of aliphatic hydroxyl groups is 1. The molecule has 3 atom stereocenters. The number of alkyl halides is 3. The van der Waals surface area contributed by atoms with Crippen molar-refractivity contribution < 1.29 is 51.7 Å². The van der Waals surface area contributed by atoms with E-state index in [9.17, 15) is 37.5 Å². The van der Waals surface area contributed by atoms with Crippen LogP contribution in [-0.4, -0.2) is 56.3 Å². The minimum Gasteiger partial charge on any atom is -0.468 e. The number of benzene rings is 1. The van der Waals surface area contributed by atoms with Crippen LogP contribution >= 0.6 is 0 Å². The van der Waals surface area contributed by atoms with Crippen molar-refractivity contribution in [3.63, 3.8) is 0 Å². The van der Waals surface area contributed by atoms with Crippen LogP contribution in [0.25, 0.3) is 0 Å². The largest absolute Gasteiger partial charge is 0.468 e. The molecular formula is C19H22F3NO8. The van der Waals surface area contributed by atoms with Gasteiger partial charge in [0.2, 0.25) is 0 Å². The molecule has 9 nitrogen and oxygen atoms in total. The van der Waals surface area contributed by atoms with E-state index < -0.39 is 59.5 Å². The highest BCUT2D eigenvalue weighted by atomic mass is 19.4. The first-order chi connectivity index (χ1) is 14.4. The van der Waals surface area contributed by atoms with Gasteiger partial charge in [-0.15, -0.1) is 0 Å². The minimum atomic E-state index is -4.60. The summed E-state index contributed by atoms with van der Waals surface area (Å²) in [6, 6.07) is 1.56. The Balaban J connectivity index is 3.13. The van der Waals surface area contributed by atoms with Crippen LogP contribution in [0.4, 0.5) is 13.2 Å². The van der Waals surface area contributed by atoms with Crippen LogP contribution < -0.4 is 5.32 Å². The second-order valence-electron chi connectivity index (χ2n) is 6.41. The number of hydrogen-bond acceptors (Lipinski definition) is 8. The number of carbonyl (C=O) groups is 4. The smallest absolute Gasteiger partial charge is 0.416 e. The summed E-state index contributed by atoms with van der Waals surface area (Å²) in [4.78, 5) is 48.6. The molecule has 172 valence electrons. The summed E-state index contributed by atoms with van der Waals surface area (Å²) < 4.78 is 51.6. The zero-order valence-electron chi connectivity index (χ0n) is 17.1. The van der Waals surface area contributed by atoms with Crippen molar-refractivity contribution in [1.82, 2.24) is 5.32 Å². The quantitative estimate of drug-likeness (QED) is 0.342. The predicted octanol–water partition coefficient (Wildman–Crippen LogP) is 0.995. The zero-order chi connectivity index (χ0) is 23.9. The number of carbonyl (C=O) groups excluding carboxylic acids is 4. The van der Waals surface area contributed by atoms with Crippen LogP contribution in [0, 0.1) is 11.8 Å². The molecule has 0 bridgehead atoms. The molecule has 12 heteroatoms. The molecular weight excluding hydrogens is 427 g/mol. The van der Waals surface area contributed by atoms with Crippen molar-refractivity contribution in [2.45, 2.75) is 25.2 Å². The van der Waals surface area contributed by atoms with Gasteiger partial charge < -0.3 is 24.6 Å². The molecule has 2 N–H and O–H groups in total. The number of nitrogens with one attached hydrogen (secondary N) is 1. The Hall–Kier alpha value is -3.15. The SMILES string of the molecule is COC(=O)C(C(=O)OC)[C@H](C)[C@H](NC(=O)[C@H](O)c1ccc(C(F)(F)F)cc1)C(=O)OC. The van der Waals surface area contributed by atoms with Gasteiger partial charge in [-0.25, -0.2) is 4.79 Å². The summed E-state index contributed by atoms with van der Waals surface area (Å²) in [6.45, 7) is 1.27. The van der Waals surface area contributed by atoms with E-state index in [0.717, 1.165) is 33.5 Å². The molecule has 0 saturated heterocycles. The molecule has 0 fully saturated rings. The number of rotatable bonds is 8. The summed E-state index contributed by atoms with van der Waals surface area (Å²) in [5.41, 5.74) is -1.16. The second kappa shape index (κ2) is 10.8. The van der Waals surface area contributed by atoms with E-state index in [1.165, 1.54) is 6.92 Å². The summed E-state index contributed by atoms with van der Waals surface area (Å²) >= 11 is 0. The number of ether oxygens (including phenoxy) is 3. The van der Waals surface area contributed by atoms with Crippen molar-refractivity contribution in [3.8, 4) is 0 Å². The summed E-state index contributed by atoms with van der Waals surface area (Å²) in [7, 11) is 3.00. The second-order valence-corrected chi connectivity index (χ2v) is 6.41. The van der Waals surface area contributed by atoms with Crippen molar-refractivity contribution in [2.75, 3.05) is 21.3 Å². The van der Waals surface area contributed by atoms with Gasteiger partial charge in [-0.3, -0.25) is 14.4 Å². The number of aliphatic hydroxyl groups excluding tert-OH is 1. The fourth-order valence-corrected chi connectivity index (χ4v) is 2.74. The van der Waals surface area contributed by atoms with Gasteiger partial charge in [-0.2, -0.15) is 13.2 Å². The van der Waals surface area contributed by atoms with Crippen LogP contribution in [0.5, 0.6) is 0 Å². The van der Waals surface area contributed by atoms with Gasteiger partial charge in [-0.05, 0) is 17.7 Å². The van der Waals surface area contributed by atoms with Crippen LogP contribution in [0.2, 0.25) is 0 Å². The Morgan fingerprint density at radius 1 is 0.903 bits per heavy atom. The summed E-state index contributed by atoms with van der Waals surface area (Å²) in [5, 5.41) is 12.3. The maximum absolute atomic E-state index is 12.7. The highest BCUT2D eigenvalue weighted by molar-refractivity contribution is 5.96. The van der Waals surface area contributed by atoms with E-state index in [4.69, 9.17) is 0 Å². The van der Waals surface area contributed by atoms with E-state index in [1.54, 1.807) is 0 Å². The van der Waals surface area contributed by atoms with E-state index in [2.05, 4.69) is 19.5 Å². The van der Waals surface area contributed by atoms with Crippen LogP contribution in [0.1, 0.15) is 24.2 Å². The topological polar surface area (TPSA) is 128 Å². The normalized spacial score (nSPS) is 14.2. The lowest BCUT2D eigenvalue weighted by atomic mass is 9.87. The van der Waals surface area contributed by atoms with Gasteiger partial charge in [0, 0.05) is 5.92 Å². The number of amides is 1. The molecule has 1 rings (SSSR count). The van der Waals surface area contributed by atoms with Crippen LogP contribution in [0.3, 0.4) is 0 Å². The van der Waals surface area contributed by atoms with Crippen molar-refractivity contribution >= 4 is 23.8 Å². The lowest BCUT2D eigenvalue weighted by molar-refractivity contribution is -0.164. The van der Waals surface area contributed by atoms with Crippen LogP contribution in [-0.2, 0) is 39.6 Å². The van der Waals surface area contributed by atoms with Crippen LogP contribution in [0.15, 0.2) is 24.3 Å². The van der Waals surface area contributed by atoms with Gasteiger partial charge in [0.25, 0.3) is 5.91 Å². The lowest BCUT2D eigenvalue weighted by Crippen LogP contribution is -2.52. The third-order valence-corrected chi connectivity index (χ3v) is 4.52. The fourth-order valence-electron chi connectivity index (χ4n) is 2.74. The Kier molecular flexibility index (Phi) is 8.98. The molecule has 0 unspecified atom stereocenters. The van der Waals surface area contributed by atoms with E-state index in [1.807, 2.05) is 0 Å². The van der Waals surface area contributed by atoms with Crippen molar-refractivity contribution in [2.24, 2.45) is 11.8 Å². The Morgan fingerprint density at radius 2 is 1.35 bits per heavy atom. The molecule has 0 heterocycles. The molecule has 0 saturated carbocycles. The molecule has 1 aromatic carbocycles. The molecule has 0 spiro atoms. The molecule has 0 aliphatic carbocycles.